The van der Waals surface area contributed by atoms with Gasteiger partial charge in [0.1, 0.15) is 11.5 Å². The van der Waals surface area contributed by atoms with Gasteiger partial charge in [-0.2, -0.15) is 0 Å². The Morgan fingerprint density at radius 2 is 2.23 bits per heavy atom. The number of aromatic hydroxyl groups is 1. The maximum atomic E-state index is 9.53. The van der Waals surface area contributed by atoms with Crippen LogP contribution in [0.3, 0.4) is 0 Å². The Balaban J connectivity index is 2.73. The van der Waals surface area contributed by atoms with E-state index in [9.17, 15) is 5.11 Å². The highest BCUT2D eigenvalue weighted by atomic mass is 16.5. The van der Waals surface area contributed by atoms with Gasteiger partial charge >= 0.3 is 0 Å². The fourth-order valence-corrected chi connectivity index (χ4v) is 1.17. The van der Waals surface area contributed by atoms with Crippen molar-refractivity contribution in [2.45, 2.75) is 12.8 Å². The second kappa shape index (κ2) is 4.72. The zero-order valence-corrected chi connectivity index (χ0v) is 7.79. The van der Waals surface area contributed by atoms with E-state index in [2.05, 4.69) is 0 Å². The summed E-state index contributed by atoms with van der Waals surface area (Å²) in [6.45, 7) is 0.644. The fraction of sp³-hybridized carbons (Fsp3) is 0.400. The van der Waals surface area contributed by atoms with Crippen LogP contribution >= 0.6 is 0 Å². The normalized spacial score (nSPS) is 10.0. The highest BCUT2D eigenvalue weighted by Crippen LogP contribution is 2.24. The third-order valence-corrected chi connectivity index (χ3v) is 1.94. The van der Waals surface area contributed by atoms with Crippen LogP contribution in [0.5, 0.6) is 11.5 Å². The minimum atomic E-state index is 0.285. The number of phenols is 1. The Labute approximate surface area is 78.1 Å². The standard InChI is InChI=1S/C10H15NO2/c1-13-9-5-4-8(3-2-6-11)10(12)7-9/h4-5,7,12H,2-3,6,11H2,1H3. The molecule has 0 aliphatic carbocycles. The Bertz CT molecular complexity index is 274. The molecule has 1 aromatic rings. The number of phenolic OH excluding ortho intramolecular Hbond substituents is 1. The van der Waals surface area contributed by atoms with Crippen molar-refractivity contribution in [3.05, 3.63) is 23.8 Å². The zero-order chi connectivity index (χ0) is 9.68. The minimum absolute atomic E-state index is 0.285. The van der Waals surface area contributed by atoms with E-state index in [4.69, 9.17) is 10.5 Å². The lowest BCUT2D eigenvalue weighted by atomic mass is 10.1. The summed E-state index contributed by atoms with van der Waals surface area (Å²) >= 11 is 0. The lowest BCUT2D eigenvalue weighted by Gasteiger charge is -2.05. The fourth-order valence-electron chi connectivity index (χ4n) is 1.17. The molecule has 3 nitrogen and oxygen atoms in total. The van der Waals surface area contributed by atoms with Crippen molar-refractivity contribution in [1.29, 1.82) is 0 Å². The van der Waals surface area contributed by atoms with Gasteiger partial charge in [0.05, 0.1) is 7.11 Å². The third-order valence-electron chi connectivity index (χ3n) is 1.94. The van der Waals surface area contributed by atoms with E-state index in [1.807, 2.05) is 12.1 Å². The Morgan fingerprint density at radius 3 is 2.77 bits per heavy atom. The summed E-state index contributed by atoms with van der Waals surface area (Å²) in [7, 11) is 1.58. The lowest BCUT2D eigenvalue weighted by Crippen LogP contribution is -2.00. The first kappa shape index (κ1) is 9.86. The third kappa shape index (κ3) is 2.63. The van der Waals surface area contributed by atoms with E-state index < -0.39 is 0 Å². The SMILES string of the molecule is COc1ccc(CCCN)c(O)c1. The average Bonchev–Trinajstić information content (AvgIpc) is 2.16. The van der Waals surface area contributed by atoms with Gasteiger partial charge in [-0.05, 0) is 31.0 Å². The van der Waals surface area contributed by atoms with Crippen LogP contribution in [0.4, 0.5) is 0 Å². The van der Waals surface area contributed by atoms with Crippen molar-refractivity contribution in [1.82, 2.24) is 0 Å². The number of hydrogen-bond acceptors (Lipinski definition) is 3. The molecule has 3 N–H and O–H groups in total. The number of nitrogens with two attached hydrogens (primary N) is 1. The van der Waals surface area contributed by atoms with Gasteiger partial charge < -0.3 is 15.6 Å². The predicted molar refractivity (Wildman–Crippen MR) is 52.0 cm³/mol. The lowest BCUT2D eigenvalue weighted by molar-refractivity contribution is 0.406. The summed E-state index contributed by atoms with van der Waals surface area (Å²) in [4.78, 5) is 0. The molecule has 0 amide bonds. The van der Waals surface area contributed by atoms with Gasteiger partial charge in [-0.1, -0.05) is 6.07 Å². The highest BCUT2D eigenvalue weighted by Gasteiger charge is 2.01. The van der Waals surface area contributed by atoms with Crippen LogP contribution < -0.4 is 10.5 Å². The summed E-state index contributed by atoms with van der Waals surface area (Å²) < 4.78 is 4.97. The van der Waals surface area contributed by atoms with Gasteiger partial charge in [-0.15, -0.1) is 0 Å². The highest BCUT2D eigenvalue weighted by molar-refractivity contribution is 5.39. The molecule has 0 heterocycles. The largest absolute Gasteiger partial charge is 0.508 e. The number of aryl methyl sites for hydroxylation is 1. The monoisotopic (exact) mass is 181 g/mol. The molecule has 1 rings (SSSR count). The molecular formula is C10H15NO2. The topological polar surface area (TPSA) is 55.5 Å². The molecule has 1 aromatic carbocycles. The van der Waals surface area contributed by atoms with Gasteiger partial charge in [0.2, 0.25) is 0 Å². The molecule has 0 atom stereocenters. The minimum Gasteiger partial charge on any atom is -0.508 e. The molecule has 72 valence electrons. The van der Waals surface area contributed by atoms with E-state index in [1.54, 1.807) is 13.2 Å². The molecule has 0 aliphatic rings. The van der Waals surface area contributed by atoms with Gasteiger partial charge in [-0.25, -0.2) is 0 Å². The summed E-state index contributed by atoms with van der Waals surface area (Å²) in [5.74, 6) is 0.960. The molecule has 0 radical (unpaired) electrons. The number of benzene rings is 1. The Kier molecular flexibility index (Phi) is 3.58. The van der Waals surface area contributed by atoms with Crippen molar-refractivity contribution in [3.63, 3.8) is 0 Å². The van der Waals surface area contributed by atoms with E-state index in [1.165, 1.54) is 0 Å². The molecule has 0 bridgehead atoms. The smallest absolute Gasteiger partial charge is 0.122 e. The molecule has 0 aliphatic heterocycles. The molecule has 0 saturated carbocycles. The summed E-state index contributed by atoms with van der Waals surface area (Å²) in [5.41, 5.74) is 6.30. The van der Waals surface area contributed by atoms with Crippen LogP contribution in [-0.4, -0.2) is 18.8 Å². The van der Waals surface area contributed by atoms with Gasteiger partial charge in [-0.3, -0.25) is 0 Å². The molecule has 0 fully saturated rings. The molecule has 3 heteroatoms. The second-order valence-electron chi connectivity index (χ2n) is 2.89. The molecular weight excluding hydrogens is 166 g/mol. The molecule has 0 unspecified atom stereocenters. The van der Waals surface area contributed by atoms with Gasteiger partial charge in [0.25, 0.3) is 0 Å². The summed E-state index contributed by atoms with van der Waals surface area (Å²) in [6.07, 6.45) is 1.70. The van der Waals surface area contributed by atoms with Crippen molar-refractivity contribution in [3.8, 4) is 11.5 Å². The first-order valence-electron chi connectivity index (χ1n) is 4.34. The van der Waals surface area contributed by atoms with Crippen molar-refractivity contribution < 1.29 is 9.84 Å². The zero-order valence-electron chi connectivity index (χ0n) is 7.79. The van der Waals surface area contributed by atoms with Crippen LogP contribution in [0.25, 0.3) is 0 Å². The van der Waals surface area contributed by atoms with E-state index in [0.29, 0.717) is 12.3 Å². The van der Waals surface area contributed by atoms with Crippen LogP contribution in [0.2, 0.25) is 0 Å². The quantitative estimate of drug-likeness (QED) is 0.736. The number of ether oxygens (including phenoxy) is 1. The van der Waals surface area contributed by atoms with E-state index in [0.717, 1.165) is 18.4 Å². The number of rotatable bonds is 4. The molecule has 0 spiro atoms. The maximum Gasteiger partial charge on any atom is 0.122 e. The van der Waals surface area contributed by atoms with Crippen LogP contribution in [0, 0.1) is 0 Å². The Hall–Kier alpha value is -1.22. The number of hydrogen-bond donors (Lipinski definition) is 2. The van der Waals surface area contributed by atoms with Crippen LogP contribution in [0.1, 0.15) is 12.0 Å². The van der Waals surface area contributed by atoms with Crippen LogP contribution in [-0.2, 0) is 6.42 Å². The molecule has 0 saturated heterocycles. The van der Waals surface area contributed by atoms with Gasteiger partial charge in [0.15, 0.2) is 0 Å². The summed E-state index contributed by atoms with van der Waals surface area (Å²) in [6, 6.07) is 5.32. The first-order valence-corrected chi connectivity index (χ1v) is 4.34. The molecule has 0 aromatic heterocycles. The number of methoxy groups -OCH3 is 1. The van der Waals surface area contributed by atoms with Crippen molar-refractivity contribution in [2.75, 3.05) is 13.7 Å². The van der Waals surface area contributed by atoms with E-state index >= 15 is 0 Å². The van der Waals surface area contributed by atoms with Crippen LogP contribution in [0.15, 0.2) is 18.2 Å². The summed E-state index contributed by atoms with van der Waals surface area (Å²) in [5, 5.41) is 9.53. The van der Waals surface area contributed by atoms with Gasteiger partial charge in [0, 0.05) is 6.07 Å². The van der Waals surface area contributed by atoms with Crippen molar-refractivity contribution in [2.24, 2.45) is 5.73 Å². The first-order chi connectivity index (χ1) is 6.27. The van der Waals surface area contributed by atoms with E-state index in [-0.39, 0.29) is 5.75 Å². The molecule has 13 heavy (non-hydrogen) atoms. The Morgan fingerprint density at radius 1 is 1.46 bits per heavy atom. The predicted octanol–water partition coefficient (Wildman–Crippen LogP) is 1.29. The average molecular weight is 181 g/mol. The van der Waals surface area contributed by atoms with Crippen molar-refractivity contribution >= 4 is 0 Å². The second-order valence-corrected chi connectivity index (χ2v) is 2.89. The maximum absolute atomic E-state index is 9.53.